The van der Waals surface area contributed by atoms with Gasteiger partial charge in [-0.25, -0.2) is 0 Å². The molecule has 0 unspecified atom stereocenters. The van der Waals surface area contributed by atoms with Crippen LogP contribution in [-0.2, 0) is 0 Å². The third-order valence-electron chi connectivity index (χ3n) is 2.86. The highest BCUT2D eigenvalue weighted by atomic mass is 16.2. The number of hydrogen-bond donors (Lipinski definition) is 1. The molecule has 0 spiro atoms. The zero-order valence-electron chi connectivity index (χ0n) is 12.3. The number of rotatable bonds is 7. The van der Waals surface area contributed by atoms with Gasteiger partial charge in [-0.15, -0.1) is 0 Å². The second-order valence-electron chi connectivity index (χ2n) is 4.84. The first kappa shape index (κ1) is 15.4. The third kappa shape index (κ3) is 4.87. The van der Waals surface area contributed by atoms with Crippen LogP contribution in [0.15, 0.2) is 18.5 Å². The van der Waals surface area contributed by atoms with Gasteiger partial charge in [-0.05, 0) is 40.1 Å². The molecule has 0 bridgehead atoms. The average molecular weight is 264 g/mol. The van der Waals surface area contributed by atoms with Gasteiger partial charge < -0.3 is 15.1 Å². The molecule has 0 aliphatic heterocycles. The van der Waals surface area contributed by atoms with Crippen molar-refractivity contribution in [3.63, 3.8) is 0 Å². The normalized spacial score (nSPS) is 10.6. The lowest BCUT2D eigenvalue weighted by atomic mass is 10.2. The smallest absolute Gasteiger partial charge is 0.257 e. The van der Waals surface area contributed by atoms with Crippen LogP contribution < -0.4 is 5.32 Å². The third-order valence-corrected chi connectivity index (χ3v) is 2.86. The van der Waals surface area contributed by atoms with Gasteiger partial charge in [0, 0.05) is 32.5 Å². The van der Waals surface area contributed by atoms with Crippen LogP contribution in [0.1, 0.15) is 23.7 Å². The number of nitrogens with zero attached hydrogens (tertiary/aromatic N) is 3. The fourth-order valence-electron chi connectivity index (χ4n) is 1.84. The van der Waals surface area contributed by atoms with Gasteiger partial charge in [0.2, 0.25) is 0 Å². The van der Waals surface area contributed by atoms with E-state index in [0.717, 1.165) is 31.7 Å². The molecule has 0 aromatic carbocycles. The first-order valence-corrected chi connectivity index (χ1v) is 6.64. The summed E-state index contributed by atoms with van der Waals surface area (Å²) in [4.78, 5) is 20.3. The average Bonchev–Trinajstić information content (AvgIpc) is 2.38. The minimum Gasteiger partial charge on any atom is -0.385 e. The van der Waals surface area contributed by atoms with E-state index < -0.39 is 0 Å². The van der Waals surface area contributed by atoms with Crippen molar-refractivity contribution in [2.24, 2.45) is 0 Å². The summed E-state index contributed by atoms with van der Waals surface area (Å²) in [6, 6.07) is 1.84. The lowest BCUT2D eigenvalue weighted by Gasteiger charge is -2.20. The number of anilines is 1. The molecule has 0 radical (unpaired) electrons. The van der Waals surface area contributed by atoms with E-state index >= 15 is 0 Å². The number of pyridine rings is 1. The zero-order chi connectivity index (χ0) is 14.3. The largest absolute Gasteiger partial charge is 0.385 e. The van der Waals surface area contributed by atoms with Crippen LogP contribution in [0.5, 0.6) is 0 Å². The Balaban J connectivity index is 2.65. The number of carbonyl (C=O) groups is 1. The standard InChI is InChI=1S/C14H24N4O/c1-5-16-13-7-8-15-11-12(13)14(19)18(4)10-6-9-17(2)3/h7-8,11H,5-6,9-10H2,1-4H3,(H,15,16). The lowest BCUT2D eigenvalue weighted by molar-refractivity contribution is 0.0791. The summed E-state index contributed by atoms with van der Waals surface area (Å²) in [5.41, 5.74) is 1.48. The van der Waals surface area contributed by atoms with Crippen LogP contribution in [0.25, 0.3) is 0 Å². The SMILES string of the molecule is CCNc1ccncc1C(=O)N(C)CCCN(C)C. The maximum Gasteiger partial charge on any atom is 0.257 e. The molecular weight excluding hydrogens is 240 g/mol. The summed E-state index contributed by atoms with van der Waals surface area (Å²) in [6.07, 6.45) is 4.29. The summed E-state index contributed by atoms with van der Waals surface area (Å²) >= 11 is 0. The molecule has 0 saturated heterocycles. The number of nitrogens with one attached hydrogen (secondary N) is 1. The summed E-state index contributed by atoms with van der Waals surface area (Å²) in [6.45, 7) is 4.52. The van der Waals surface area contributed by atoms with Crippen LogP contribution in [0.2, 0.25) is 0 Å². The fourth-order valence-corrected chi connectivity index (χ4v) is 1.84. The summed E-state index contributed by atoms with van der Waals surface area (Å²) in [5, 5.41) is 3.19. The highest BCUT2D eigenvalue weighted by Crippen LogP contribution is 2.15. The molecule has 0 fully saturated rings. The van der Waals surface area contributed by atoms with E-state index in [1.807, 2.05) is 34.1 Å². The highest BCUT2D eigenvalue weighted by Gasteiger charge is 2.15. The van der Waals surface area contributed by atoms with Crippen LogP contribution in [0, 0.1) is 0 Å². The van der Waals surface area contributed by atoms with Crippen molar-refractivity contribution in [2.45, 2.75) is 13.3 Å². The van der Waals surface area contributed by atoms with Crippen molar-refractivity contribution in [3.8, 4) is 0 Å². The second kappa shape index (κ2) is 7.74. The Bertz CT molecular complexity index is 406. The molecule has 0 atom stereocenters. The Morgan fingerprint density at radius 2 is 2.05 bits per heavy atom. The molecule has 1 amide bonds. The molecule has 0 saturated carbocycles. The molecule has 0 aliphatic carbocycles. The molecule has 19 heavy (non-hydrogen) atoms. The predicted molar refractivity (Wildman–Crippen MR) is 78.5 cm³/mol. The summed E-state index contributed by atoms with van der Waals surface area (Å²) in [7, 11) is 5.90. The molecule has 0 aliphatic rings. The van der Waals surface area contributed by atoms with Crippen LogP contribution >= 0.6 is 0 Å². The van der Waals surface area contributed by atoms with E-state index in [1.165, 1.54) is 0 Å². The van der Waals surface area contributed by atoms with Gasteiger partial charge in [0.15, 0.2) is 0 Å². The van der Waals surface area contributed by atoms with E-state index in [0.29, 0.717) is 5.56 Å². The maximum absolute atomic E-state index is 12.3. The van der Waals surface area contributed by atoms with E-state index in [9.17, 15) is 4.79 Å². The summed E-state index contributed by atoms with van der Waals surface area (Å²) < 4.78 is 0. The maximum atomic E-state index is 12.3. The van der Waals surface area contributed by atoms with Gasteiger partial charge >= 0.3 is 0 Å². The van der Waals surface area contributed by atoms with E-state index in [4.69, 9.17) is 0 Å². The van der Waals surface area contributed by atoms with Crippen LogP contribution in [-0.4, -0.2) is 61.5 Å². The van der Waals surface area contributed by atoms with Crippen molar-refractivity contribution in [1.29, 1.82) is 0 Å². The monoisotopic (exact) mass is 264 g/mol. The number of carbonyl (C=O) groups excluding carboxylic acids is 1. The Morgan fingerprint density at radius 3 is 2.68 bits per heavy atom. The predicted octanol–water partition coefficient (Wildman–Crippen LogP) is 1.54. The van der Waals surface area contributed by atoms with Crippen molar-refractivity contribution < 1.29 is 4.79 Å². The Kier molecular flexibility index (Phi) is 6.29. The molecule has 1 N–H and O–H groups in total. The molecule has 1 rings (SSSR count). The van der Waals surface area contributed by atoms with Crippen molar-refractivity contribution in [3.05, 3.63) is 24.0 Å². The molecule has 106 valence electrons. The number of hydrogen-bond acceptors (Lipinski definition) is 4. The first-order valence-electron chi connectivity index (χ1n) is 6.64. The number of aromatic nitrogens is 1. The Morgan fingerprint density at radius 1 is 1.32 bits per heavy atom. The molecule has 5 heteroatoms. The minimum atomic E-state index is 0.0165. The molecule has 1 aromatic rings. The van der Waals surface area contributed by atoms with Crippen molar-refractivity contribution in [2.75, 3.05) is 46.1 Å². The van der Waals surface area contributed by atoms with E-state index in [1.54, 1.807) is 17.3 Å². The van der Waals surface area contributed by atoms with Gasteiger partial charge in [0.1, 0.15) is 0 Å². The molecule has 1 heterocycles. The van der Waals surface area contributed by atoms with E-state index in [-0.39, 0.29) is 5.91 Å². The lowest BCUT2D eigenvalue weighted by Crippen LogP contribution is -2.30. The van der Waals surface area contributed by atoms with Gasteiger partial charge in [-0.2, -0.15) is 0 Å². The van der Waals surface area contributed by atoms with Crippen molar-refractivity contribution >= 4 is 11.6 Å². The molecule has 5 nitrogen and oxygen atoms in total. The van der Waals surface area contributed by atoms with Gasteiger partial charge in [0.25, 0.3) is 5.91 Å². The zero-order valence-corrected chi connectivity index (χ0v) is 12.3. The quantitative estimate of drug-likeness (QED) is 0.811. The van der Waals surface area contributed by atoms with Gasteiger partial charge in [-0.3, -0.25) is 9.78 Å². The van der Waals surface area contributed by atoms with Crippen LogP contribution in [0.3, 0.4) is 0 Å². The van der Waals surface area contributed by atoms with E-state index in [2.05, 4.69) is 15.2 Å². The summed E-state index contributed by atoms with van der Waals surface area (Å²) in [5.74, 6) is 0.0165. The topological polar surface area (TPSA) is 48.5 Å². The fraction of sp³-hybridized carbons (Fsp3) is 0.571. The van der Waals surface area contributed by atoms with Gasteiger partial charge in [-0.1, -0.05) is 0 Å². The number of amides is 1. The second-order valence-corrected chi connectivity index (χ2v) is 4.84. The highest BCUT2D eigenvalue weighted by molar-refractivity contribution is 5.99. The Hall–Kier alpha value is -1.62. The molecular formula is C14H24N4O. The Labute approximate surface area is 115 Å². The van der Waals surface area contributed by atoms with Gasteiger partial charge in [0.05, 0.1) is 11.3 Å². The van der Waals surface area contributed by atoms with Crippen LogP contribution in [0.4, 0.5) is 5.69 Å². The minimum absolute atomic E-state index is 0.0165. The first-order chi connectivity index (χ1) is 9.06. The van der Waals surface area contributed by atoms with Crippen molar-refractivity contribution in [1.82, 2.24) is 14.8 Å². The molecule has 1 aromatic heterocycles.